The summed E-state index contributed by atoms with van der Waals surface area (Å²) in [6, 6.07) is 4.41. The number of carbonyl (C=O) groups excluding carboxylic acids is 1. The van der Waals surface area contributed by atoms with Crippen molar-refractivity contribution >= 4 is 5.91 Å². The highest BCUT2D eigenvalue weighted by atomic mass is 16.5. The van der Waals surface area contributed by atoms with E-state index in [1.165, 1.54) is 19.3 Å². The maximum atomic E-state index is 12.9. The first kappa shape index (κ1) is 19.6. The van der Waals surface area contributed by atoms with Crippen molar-refractivity contribution in [2.24, 2.45) is 5.92 Å². The monoisotopic (exact) mass is 387 g/mol. The molecule has 2 saturated carbocycles. The van der Waals surface area contributed by atoms with E-state index in [0.29, 0.717) is 17.4 Å². The molecule has 1 amide bonds. The summed E-state index contributed by atoms with van der Waals surface area (Å²) in [7, 11) is 0. The molecule has 1 aromatic rings. The van der Waals surface area contributed by atoms with Gasteiger partial charge in [0.05, 0.1) is 11.9 Å². The van der Waals surface area contributed by atoms with Crippen molar-refractivity contribution in [1.82, 2.24) is 14.8 Å². The zero-order valence-electron chi connectivity index (χ0n) is 17.1. The minimum atomic E-state index is -0.951. The molecule has 0 aromatic carbocycles. The Morgan fingerprint density at radius 3 is 2.54 bits per heavy atom. The van der Waals surface area contributed by atoms with Gasteiger partial charge in [0.1, 0.15) is 17.5 Å². The molecule has 154 valence electrons. The number of carbonyl (C=O) groups is 1. The third-order valence-corrected chi connectivity index (χ3v) is 6.54. The lowest BCUT2D eigenvalue weighted by atomic mass is 9.81. The van der Waals surface area contributed by atoms with E-state index < -0.39 is 5.60 Å². The first-order valence-electron chi connectivity index (χ1n) is 10.8. The van der Waals surface area contributed by atoms with Gasteiger partial charge in [0, 0.05) is 38.1 Å². The van der Waals surface area contributed by atoms with Crippen LogP contribution in [0.5, 0.6) is 5.75 Å². The highest BCUT2D eigenvalue weighted by Crippen LogP contribution is 2.33. The van der Waals surface area contributed by atoms with Gasteiger partial charge in [0.2, 0.25) is 5.91 Å². The Hall–Kier alpha value is -1.66. The van der Waals surface area contributed by atoms with Gasteiger partial charge in [-0.15, -0.1) is 0 Å². The second-order valence-corrected chi connectivity index (χ2v) is 9.15. The van der Waals surface area contributed by atoms with Crippen molar-refractivity contribution in [3.63, 3.8) is 0 Å². The third kappa shape index (κ3) is 4.33. The second kappa shape index (κ2) is 7.99. The molecular formula is C22H33N3O3. The molecule has 1 N–H and O–H groups in total. The molecule has 1 saturated heterocycles. The van der Waals surface area contributed by atoms with Crippen molar-refractivity contribution in [2.45, 2.75) is 70.1 Å². The van der Waals surface area contributed by atoms with E-state index in [1.54, 1.807) is 26.1 Å². The van der Waals surface area contributed by atoms with E-state index >= 15 is 0 Å². The summed E-state index contributed by atoms with van der Waals surface area (Å²) in [6.07, 6.45) is 8.44. The van der Waals surface area contributed by atoms with E-state index in [2.05, 4.69) is 14.8 Å². The first-order valence-corrected chi connectivity index (χ1v) is 10.8. The Kier molecular flexibility index (Phi) is 5.61. The molecule has 2 aliphatic carbocycles. The van der Waals surface area contributed by atoms with Gasteiger partial charge in [-0.05, 0) is 58.1 Å². The van der Waals surface area contributed by atoms with Gasteiger partial charge >= 0.3 is 0 Å². The van der Waals surface area contributed by atoms with E-state index in [-0.39, 0.29) is 12.0 Å². The fraction of sp³-hybridized carbons (Fsp3) is 0.727. The Morgan fingerprint density at radius 1 is 1.14 bits per heavy atom. The molecular weight excluding hydrogens is 354 g/mol. The van der Waals surface area contributed by atoms with E-state index in [0.717, 1.165) is 51.5 Å². The predicted molar refractivity (Wildman–Crippen MR) is 107 cm³/mol. The SMILES string of the molecule is CC(C)(O)c1ccc(OC2CC(C(=O)N3CCCN(C4CCC4)CC3)C2)cn1. The number of amides is 1. The van der Waals surface area contributed by atoms with E-state index in [4.69, 9.17) is 4.74 Å². The lowest BCUT2D eigenvalue weighted by Crippen LogP contribution is -2.47. The number of aromatic nitrogens is 1. The van der Waals surface area contributed by atoms with Crippen molar-refractivity contribution in [2.75, 3.05) is 26.2 Å². The van der Waals surface area contributed by atoms with Crippen LogP contribution < -0.4 is 4.74 Å². The molecule has 6 nitrogen and oxygen atoms in total. The number of hydrogen-bond donors (Lipinski definition) is 1. The largest absolute Gasteiger partial charge is 0.489 e. The summed E-state index contributed by atoms with van der Waals surface area (Å²) in [5.41, 5.74) is -0.327. The number of hydrogen-bond acceptors (Lipinski definition) is 5. The van der Waals surface area contributed by atoms with Gasteiger partial charge in [-0.1, -0.05) is 6.42 Å². The molecule has 0 atom stereocenters. The third-order valence-electron chi connectivity index (χ3n) is 6.54. The number of rotatable bonds is 5. The molecule has 0 bridgehead atoms. The quantitative estimate of drug-likeness (QED) is 0.841. The maximum absolute atomic E-state index is 12.9. The van der Waals surface area contributed by atoms with Gasteiger partial charge in [0.15, 0.2) is 0 Å². The van der Waals surface area contributed by atoms with Crippen LogP contribution in [-0.4, -0.2) is 64.1 Å². The summed E-state index contributed by atoms with van der Waals surface area (Å²) < 4.78 is 5.96. The fourth-order valence-corrected chi connectivity index (χ4v) is 4.40. The number of nitrogens with zero attached hydrogens (tertiary/aromatic N) is 3. The standard InChI is InChI=1S/C22H33N3O3/c1-22(2,27)20-8-7-18(15-23-20)28-19-13-16(14-19)21(26)25-10-4-9-24(11-12-25)17-5-3-6-17/h7-8,15-17,19,27H,3-6,9-14H2,1-2H3. The van der Waals surface area contributed by atoms with Crippen molar-refractivity contribution in [3.05, 3.63) is 24.0 Å². The number of pyridine rings is 1. The highest BCUT2D eigenvalue weighted by molar-refractivity contribution is 5.80. The molecule has 0 spiro atoms. The van der Waals surface area contributed by atoms with Crippen LogP contribution in [0.2, 0.25) is 0 Å². The van der Waals surface area contributed by atoms with Gasteiger partial charge in [0.25, 0.3) is 0 Å². The van der Waals surface area contributed by atoms with Crippen LogP contribution in [0, 0.1) is 5.92 Å². The molecule has 0 unspecified atom stereocenters. The van der Waals surface area contributed by atoms with Gasteiger partial charge in [-0.2, -0.15) is 0 Å². The van der Waals surface area contributed by atoms with Gasteiger partial charge in [-0.3, -0.25) is 14.7 Å². The Morgan fingerprint density at radius 2 is 1.93 bits per heavy atom. The molecule has 1 aromatic heterocycles. The average molecular weight is 388 g/mol. The first-order chi connectivity index (χ1) is 13.4. The normalized spacial score (nSPS) is 26.9. The summed E-state index contributed by atoms with van der Waals surface area (Å²) in [5, 5.41) is 9.97. The van der Waals surface area contributed by atoms with Crippen LogP contribution in [0.4, 0.5) is 0 Å². The predicted octanol–water partition coefficient (Wildman–Crippen LogP) is 2.55. The molecule has 2 heterocycles. The minimum Gasteiger partial charge on any atom is -0.489 e. The van der Waals surface area contributed by atoms with E-state index in [1.807, 2.05) is 6.07 Å². The lowest BCUT2D eigenvalue weighted by Gasteiger charge is -2.38. The molecule has 1 aliphatic heterocycles. The summed E-state index contributed by atoms with van der Waals surface area (Å²) in [6.45, 7) is 7.37. The Bertz CT molecular complexity index is 675. The van der Waals surface area contributed by atoms with Crippen molar-refractivity contribution in [1.29, 1.82) is 0 Å². The van der Waals surface area contributed by atoms with Gasteiger partial charge < -0.3 is 14.7 Å². The molecule has 28 heavy (non-hydrogen) atoms. The van der Waals surface area contributed by atoms with Gasteiger partial charge in [-0.25, -0.2) is 0 Å². The Balaban J connectivity index is 1.23. The summed E-state index contributed by atoms with van der Waals surface area (Å²) in [4.78, 5) is 21.8. The topological polar surface area (TPSA) is 65.9 Å². The van der Waals surface area contributed by atoms with Crippen molar-refractivity contribution in [3.8, 4) is 5.75 Å². The van der Waals surface area contributed by atoms with Crippen LogP contribution in [0.1, 0.15) is 58.1 Å². The Labute approximate surface area is 167 Å². The zero-order valence-corrected chi connectivity index (χ0v) is 17.1. The second-order valence-electron chi connectivity index (χ2n) is 9.15. The van der Waals surface area contributed by atoms with Crippen LogP contribution in [-0.2, 0) is 10.4 Å². The van der Waals surface area contributed by atoms with Crippen LogP contribution in [0.15, 0.2) is 18.3 Å². The molecule has 3 fully saturated rings. The van der Waals surface area contributed by atoms with Crippen LogP contribution >= 0.6 is 0 Å². The number of aliphatic hydroxyl groups is 1. The van der Waals surface area contributed by atoms with Crippen LogP contribution in [0.3, 0.4) is 0 Å². The maximum Gasteiger partial charge on any atom is 0.226 e. The molecule has 3 aliphatic rings. The summed E-state index contributed by atoms with van der Waals surface area (Å²) >= 11 is 0. The zero-order chi connectivity index (χ0) is 19.7. The lowest BCUT2D eigenvalue weighted by molar-refractivity contribution is -0.141. The smallest absolute Gasteiger partial charge is 0.226 e. The highest BCUT2D eigenvalue weighted by Gasteiger charge is 2.39. The van der Waals surface area contributed by atoms with E-state index in [9.17, 15) is 9.90 Å². The fourth-order valence-electron chi connectivity index (χ4n) is 4.40. The molecule has 4 rings (SSSR count). The average Bonchev–Trinajstić information content (AvgIpc) is 2.81. The van der Waals surface area contributed by atoms with Crippen molar-refractivity contribution < 1.29 is 14.6 Å². The summed E-state index contributed by atoms with van der Waals surface area (Å²) in [5.74, 6) is 1.12. The molecule has 6 heteroatoms. The minimum absolute atomic E-state index is 0.0854. The molecule has 0 radical (unpaired) electrons. The van der Waals surface area contributed by atoms with Crippen LogP contribution in [0.25, 0.3) is 0 Å². The number of ether oxygens (including phenoxy) is 1.